The smallest absolute Gasteiger partial charge is 0.251 e. The molecule has 1 atom stereocenters. The number of amides is 1. The third kappa shape index (κ3) is 3.43. The summed E-state index contributed by atoms with van der Waals surface area (Å²) in [6.45, 7) is 1.31. The van der Waals surface area contributed by atoms with Gasteiger partial charge in [-0.15, -0.1) is 0 Å². The van der Waals surface area contributed by atoms with E-state index in [4.69, 9.17) is 14.2 Å². The van der Waals surface area contributed by atoms with E-state index in [0.29, 0.717) is 28.1 Å². The lowest BCUT2D eigenvalue weighted by Crippen LogP contribution is -2.31. The number of carbonyl (C=O) groups excluding carboxylic acids is 1. The lowest BCUT2D eigenvalue weighted by atomic mass is 10.1. The minimum atomic E-state index is -0.162. The summed E-state index contributed by atoms with van der Waals surface area (Å²) in [7, 11) is 3.10. The van der Waals surface area contributed by atoms with Crippen molar-refractivity contribution in [3.05, 3.63) is 22.2 Å². The topological polar surface area (TPSA) is 56.8 Å². The third-order valence-corrected chi connectivity index (χ3v) is 4.00. The molecule has 1 amide bonds. The first kappa shape index (κ1) is 15.1. The normalized spacial score (nSPS) is 17.9. The molecule has 1 aromatic carbocycles. The highest BCUT2D eigenvalue weighted by molar-refractivity contribution is 9.10. The Morgan fingerprint density at radius 3 is 2.55 bits per heavy atom. The molecule has 0 aliphatic carbocycles. The van der Waals surface area contributed by atoms with Crippen molar-refractivity contribution in [1.29, 1.82) is 0 Å². The summed E-state index contributed by atoms with van der Waals surface area (Å²) in [5.74, 6) is 0.961. The number of benzene rings is 1. The Morgan fingerprint density at radius 1 is 1.40 bits per heavy atom. The fourth-order valence-electron chi connectivity index (χ4n) is 2.11. The van der Waals surface area contributed by atoms with Gasteiger partial charge in [0.15, 0.2) is 0 Å². The summed E-state index contributed by atoms with van der Waals surface area (Å²) in [6.07, 6.45) is 2.17. The first-order chi connectivity index (χ1) is 9.65. The maximum absolute atomic E-state index is 12.2. The number of hydrogen-bond donors (Lipinski definition) is 1. The molecule has 1 fully saturated rings. The van der Waals surface area contributed by atoms with E-state index in [1.165, 1.54) is 0 Å². The maximum Gasteiger partial charge on any atom is 0.251 e. The summed E-state index contributed by atoms with van der Waals surface area (Å²) in [5.41, 5.74) is 0.500. The van der Waals surface area contributed by atoms with Crippen molar-refractivity contribution in [2.75, 3.05) is 27.4 Å². The fraction of sp³-hybridized carbons (Fsp3) is 0.500. The second kappa shape index (κ2) is 6.95. The van der Waals surface area contributed by atoms with E-state index in [2.05, 4.69) is 21.2 Å². The van der Waals surface area contributed by atoms with Crippen molar-refractivity contribution in [1.82, 2.24) is 5.32 Å². The molecule has 1 aliphatic heterocycles. The van der Waals surface area contributed by atoms with Gasteiger partial charge in [0.25, 0.3) is 5.91 Å². The molecule has 0 bridgehead atoms. The van der Waals surface area contributed by atoms with Gasteiger partial charge in [-0.2, -0.15) is 0 Å². The number of rotatable bonds is 5. The Kier molecular flexibility index (Phi) is 5.25. The predicted molar refractivity (Wildman–Crippen MR) is 78.6 cm³/mol. The van der Waals surface area contributed by atoms with Crippen LogP contribution in [0.25, 0.3) is 0 Å². The van der Waals surface area contributed by atoms with Crippen molar-refractivity contribution in [2.24, 2.45) is 0 Å². The van der Waals surface area contributed by atoms with E-state index in [1.54, 1.807) is 26.4 Å². The minimum absolute atomic E-state index is 0.123. The summed E-state index contributed by atoms with van der Waals surface area (Å²) in [6, 6.07) is 3.36. The van der Waals surface area contributed by atoms with E-state index in [-0.39, 0.29) is 12.0 Å². The number of halogens is 1. The molecule has 1 aliphatic rings. The van der Waals surface area contributed by atoms with Gasteiger partial charge in [-0.05, 0) is 40.9 Å². The van der Waals surface area contributed by atoms with Crippen LogP contribution in [0.1, 0.15) is 23.2 Å². The Labute approximate surface area is 126 Å². The summed E-state index contributed by atoms with van der Waals surface area (Å²) < 4.78 is 16.6. The molecule has 6 heteroatoms. The van der Waals surface area contributed by atoms with Crippen LogP contribution in [-0.4, -0.2) is 39.4 Å². The largest absolute Gasteiger partial charge is 0.495 e. The molecule has 0 aromatic heterocycles. The van der Waals surface area contributed by atoms with Crippen molar-refractivity contribution in [2.45, 2.75) is 18.9 Å². The Hall–Kier alpha value is -1.27. The minimum Gasteiger partial charge on any atom is -0.495 e. The van der Waals surface area contributed by atoms with E-state index >= 15 is 0 Å². The second-order valence-corrected chi connectivity index (χ2v) is 5.33. The predicted octanol–water partition coefficient (Wildman–Crippen LogP) is 2.38. The van der Waals surface area contributed by atoms with Crippen LogP contribution >= 0.6 is 15.9 Å². The highest BCUT2D eigenvalue weighted by atomic mass is 79.9. The van der Waals surface area contributed by atoms with Crippen LogP contribution in [0.5, 0.6) is 11.5 Å². The monoisotopic (exact) mass is 343 g/mol. The van der Waals surface area contributed by atoms with Gasteiger partial charge in [-0.1, -0.05) is 0 Å². The SMILES string of the molecule is COc1cc(C(=O)NCC2CCCO2)cc(OC)c1Br. The van der Waals surface area contributed by atoms with Gasteiger partial charge in [-0.25, -0.2) is 0 Å². The van der Waals surface area contributed by atoms with E-state index in [0.717, 1.165) is 19.4 Å². The standard InChI is InChI=1S/C14H18BrNO4/c1-18-11-6-9(7-12(19-2)13(11)15)14(17)16-8-10-4-3-5-20-10/h6-7,10H,3-5,8H2,1-2H3,(H,16,17). The molecule has 1 aromatic rings. The summed E-state index contributed by atoms with van der Waals surface area (Å²) >= 11 is 3.38. The number of methoxy groups -OCH3 is 2. The van der Waals surface area contributed by atoms with Crippen molar-refractivity contribution in [3.8, 4) is 11.5 Å². The molecule has 1 saturated heterocycles. The molecule has 0 spiro atoms. The maximum atomic E-state index is 12.2. The van der Waals surface area contributed by atoms with Crippen LogP contribution in [0.4, 0.5) is 0 Å². The molecule has 2 rings (SSSR count). The second-order valence-electron chi connectivity index (χ2n) is 4.54. The number of nitrogens with one attached hydrogen (secondary N) is 1. The van der Waals surface area contributed by atoms with E-state index in [1.807, 2.05) is 0 Å². The molecule has 5 nitrogen and oxygen atoms in total. The molecule has 0 saturated carbocycles. The van der Waals surface area contributed by atoms with Gasteiger partial charge in [0.05, 0.1) is 20.3 Å². The zero-order valence-electron chi connectivity index (χ0n) is 11.6. The highest BCUT2D eigenvalue weighted by Gasteiger charge is 2.18. The van der Waals surface area contributed by atoms with Crippen LogP contribution in [0.3, 0.4) is 0 Å². The van der Waals surface area contributed by atoms with Crippen LogP contribution in [-0.2, 0) is 4.74 Å². The highest BCUT2D eigenvalue weighted by Crippen LogP contribution is 2.35. The average molecular weight is 344 g/mol. The van der Waals surface area contributed by atoms with Crippen LogP contribution in [0.15, 0.2) is 16.6 Å². The number of hydrogen-bond acceptors (Lipinski definition) is 4. The van der Waals surface area contributed by atoms with Crippen LogP contribution < -0.4 is 14.8 Å². The van der Waals surface area contributed by atoms with Gasteiger partial charge in [0.2, 0.25) is 0 Å². The van der Waals surface area contributed by atoms with Gasteiger partial charge in [-0.3, -0.25) is 4.79 Å². The fourth-order valence-corrected chi connectivity index (χ4v) is 2.67. The van der Waals surface area contributed by atoms with E-state index in [9.17, 15) is 4.79 Å². The molecule has 110 valence electrons. The van der Waals surface area contributed by atoms with Crippen molar-refractivity contribution >= 4 is 21.8 Å². The zero-order valence-corrected chi connectivity index (χ0v) is 13.2. The Balaban J connectivity index is 2.08. The quantitative estimate of drug-likeness (QED) is 0.891. The molecule has 1 heterocycles. The first-order valence-electron chi connectivity index (χ1n) is 6.47. The molecule has 0 radical (unpaired) electrons. The lowest BCUT2D eigenvalue weighted by Gasteiger charge is -2.13. The molecule has 1 N–H and O–H groups in total. The number of ether oxygens (including phenoxy) is 3. The first-order valence-corrected chi connectivity index (χ1v) is 7.26. The molecular formula is C14H18BrNO4. The van der Waals surface area contributed by atoms with Gasteiger partial charge >= 0.3 is 0 Å². The van der Waals surface area contributed by atoms with Crippen LogP contribution in [0.2, 0.25) is 0 Å². The Morgan fingerprint density at radius 2 is 2.05 bits per heavy atom. The summed E-state index contributed by atoms with van der Waals surface area (Å²) in [4.78, 5) is 12.2. The molecule has 20 heavy (non-hydrogen) atoms. The van der Waals surface area contributed by atoms with Gasteiger partial charge in [0.1, 0.15) is 16.0 Å². The molecular weight excluding hydrogens is 326 g/mol. The molecule has 1 unspecified atom stereocenters. The van der Waals surface area contributed by atoms with E-state index < -0.39 is 0 Å². The van der Waals surface area contributed by atoms with Crippen LogP contribution in [0, 0.1) is 0 Å². The average Bonchev–Trinajstić information content (AvgIpc) is 2.98. The lowest BCUT2D eigenvalue weighted by molar-refractivity contribution is 0.0857. The summed E-state index contributed by atoms with van der Waals surface area (Å²) in [5, 5.41) is 2.87. The number of carbonyl (C=O) groups is 1. The van der Waals surface area contributed by atoms with Crippen molar-refractivity contribution < 1.29 is 19.0 Å². The van der Waals surface area contributed by atoms with Gasteiger partial charge in [0, 0.05) is 18.7 Å². The zero-order chi connectivity index (χ0) is 14.5. The van der Waals surface area contributed by atoms with Crippen molar-refractivity contribution in [3.63, 3.8) is 0 Å². The Bertz CT molecular complexity index is 461. The van der Waals surface area contributed by atoms with Gasteiger partial charge < -0.3 is 19.5 Å². The third-order valence-electron chi connectivity index (χ3n) is 3.22.